The molecule has 27 heavy (non-hydrogen) atoms. The Kier molecular flexibility index (Phi) is 7.89. The van der Waals surface area contributed by atoms with Crippen LogP contribution in [0.15, 0.2) is 34.2 Å². The van der Waals surface area contributed by atoms with Gasteiger partial charge in [-0.2, -0.15) is 0 Å². The van der Waals surface area contributed by atoms with Gasteiger partial charge in [-0.15, -0.1) is 0 Å². The molecule has 1 heterocycles. The molecule has 1 atom stereocenters. The molecule has 2 N–H and O–H groups in total. The smallest absolute Gasteiger partial charge is 0.254 e. The first-order valence-corrected chi connectivity index (χ1v) is 10.2. The SMILES string of the molecule is CSc1nc(C)c(CCC(=O)NC[C@@H](c2ccccc2Cl)N(C)C)c(=O)[nH]1. The fraction of sp³-hybridized carbons (Fsp3) is 0.421. The molecule has 0 aliphatic rings. The van der Waals surface area contributed by atoms with Crippen molar-refractivity contribution in [2.45, 2.75) is 31.0 Å². The molecule has 1 amide bonds. The number of thioether (sulfide) groups is 1. The van der Waals surface area contributed by atoms with Crippen LogP contribution in [0.2, 0.25) is 5.02 Å². The van der Waals surface area contributed by atoms with Gasteiger partial charge in [0.15, 0.2) is 5.16 Å². The highest BCUT2D eigenvalue weighted by Crippen LogP contribution is 2.25. The van der Waals surface area contributed by atoms with Crippen LogP contribution in [0.1, 0.15) is 29.3 Å². The molecule has 0 fully saturated rings. The molecule has 0 saturated heterocycles. The van der Waals surface area contributed by atoms with E-state index in [2.05, 4.69) is 15.3 Å². The molecule has 1 aromatic heterocycles. The van der Waals surface area contributed by atoms with Gasteiger partial charge in [-0.1, -0.05) is 41.6 Å². The number of aryl methyl sites for hydroxylation is 1. The van der Waals surface area contributed by atoms with E-state index in [0.717, 1.165) is 5.56 Å². The molecule has 0 spiro atoms. The molecule has 0 radical (unpaired) electrons. The third-order valence-electron chi connectivity index (χ3n) is 4.38. The summed E-state index contributed by atoms with van der Waals surface area (Å²) in [6, 6.07) is 7.58. The Labute approximate surface area is 168 Å². The predicted octanol–water partition coefficient (Wildman–Crippen LogP) is 2.81. The lowest BCUT2D eigenvalue weighted by Gasteiger charge is -2.26. The van der Waals surface area contributed by atoms with Crippen LogP contribution in [0.4, 0.5) is 0 Å². The van der Waals surface area contributed by atoms with E-state index >= 15 is 0 Å². The molecule has 6 nitrogen and oxygen atoms in total. The van der Waals surface area contributed by atoms with Crippen molar-refractivity contribution < 1.29 is 4.79 Å². The molecule has 146 valence electrons. The number of nitrogens with zero attached hydrogens (tertiary/aromatic N) is 2. The first kappa shape index (κ1) is 21.5. The number of benzene rings is 1. The minimum absolute atomic E-state index is 0.0321. The molecule has 0 bridgehead atoms. The van der Waals surface area contributed by atoms with E-state index < -0.39 is 0 Å². The average molecular weight is 409 g/mol. The Morgan fingerprint density at radius 1 is 1.37 bits per heavy atom. The highest BCUT2D eigenvalue weighted by molar-refractivity contribution is 7.98. The summed E-state index contributed by atoms with van der Waals surface area (Å²) >= 11 is 7.67. The molecule has 2 rings (SSSR count). The van der Waals surface area contributed by atoms with Crippen LogP contribution in [0, 0.1) is 6.92 Å². The lowest BCUT2D eigenvalue weighted by molar-refractivity contribution is -0.121. The van der Waals surface area contributed by atoms with Gasteiger partial charge in [-0.05, 0) is 45.3 Å². The Morgan fingerprint density at radius 2 is 2.07 bits per heavy atom. The van der Waals surface area contributed by atoms with Gasteiger partial charge in [0.05, 0.1) is 6.04 Å². The zero-order valence-corrected chi connectivity index (χ0v) is 17.6. The van der Waals surface area contributed by atoms with Crippen molar-refractivity contribution >= 4 is 29.3 Å². The van der Waals surface area contributed by atoms with Crippen LogP contribution >= 0.6 is 23.4 Å². The van der Waals surface area contributed by atoms with Crippen molar-refractivity contribution in [1.82, 2.24) is 20.2 Å². The van der Waals surface area contributed by atoms with E-state index in [1.165, 1.54) is 11.8 Å². The predicted molar refractivity (Wildman–Crippen MR) is 111 cm³/mol. The molecule has 0 unspecified atom stereocenters. The van der Waals surface area contributed by atoms with Gasteiger partial charge < -0.3 is 15.2 Å². The third kappa shape index (κ3) is 5.82. The zero-order valence-electron chi connectivity index (χ0n) is 16.0. The normalized spacial score (nSPS) is 12.2. The van der Waals surface area contributed by atoms with E-state index in [-0.39, 0.29) is 23.9 Å². The van der Waals surface area contributed by atoms with Crippen molar-refractivity contribution in [2.75, 3.05) is 26.9 Å². The maximum Gasteiger partial charge on any atom is 0.254 e. The number of H-pyrrole nitrogens is 1. The topological polar surface area (TPSA) is 78.1 Å². The standard InChI is InChI=1S/C19H25ClN4O2S/c1-12-13(18(26)23-19(22-12)27-4)9-10-17(25)21-11-16(24(2)3)14-7-5-6-8-15(14)20/h5-8,16H,9-11H2,1-4H3,(H,21,25)(H,22,23,26)/t16-/m0/s1. The average Bonchev–Trinajstić information content (AvgIpc) is 2.62. The number of aromatic nitrogens is 2. The van der Waals surface area contributed by atoms with E-state index in [4.69, 9.17) is 11.6 Å². The number of carbonyl (C=O) groups is 1. The Balaban J connectivity index is 1.98. The molecular weight excluding hydrogens is 384 g/mol. The van der Waals surface area contributed by atoms with Crippen molar-refractivity contribution in [1.29, 1.82) is 0 Å². The number of halogens is 1. The first-order chi connectivity index (χ1) is 12.8. The second kappa shape index (κ2) is 9.92. The Hall–Kier alpha value is -1.83. The molecular formula is C19H25ClN4O2S. The highest BCUT2D eigenvalue weighted by atomic mass is 35.5. The van der Waals surface area contributed by atoms with Crippen molar-refractivity contribution in [3.63, 3.8) is 0 Å². The number of aromatic amines is 1. The van der Waals surface area contributed by atoms with Crippen LogP contribution in [-0.4, -0.2) is 47.7 Å². The van der Waals surface area contributed by atoms with E-state index in [9.17, 15) is 9.59 Å². The summed E-state index contributed by atoms with van der Waals surface area (Å²) in [6.07, 6.45) is 2.44. The van der Waals surface area contributed by atoms with Gasteiger partial charge in [-0.25, -0.2) is 4.98 Å². The fourth-order valence-corrected chi connectivity index (χ4v) is 3.51. The number of hydrogen-bond acceptors (Lipinski definition) is 5. The number of rotatable bonds is 8. The van der Waals surface area contributed by atoms with Crippen LogP contribution in [0.3, 0.4) is 0 Å². The molecule has 0 aliphatic carbocycles. The summed E-state index contributed by atoms with van der Waals surface area (Å²) in [7, 11) is 3.89. The largest absolute Gasteiger partial charge is 0.354 e. The first-order valence-electron chi connectivity index (χ1n) is 8.64. The van der Waals surface area contributed by atoms with Gasteiger partial charge in [0.1, 0.15) is 0 Å². The summed E-state index contributed by atoms with van der Waals surface area (Å²) in [6.45, 7) is 2.23. The minimum atomic E-state index is -0.179. The molecule has 8 heteroatoms. The summed E-state index contributed by atoms with van der Waals surface area (Å²) < 4.78 is 0. The number of carbonyl (C=O) groups excluding carboxylic acids is 1. The van der Waals surface area contributed by atoms with Crippen molar-refractivity contribution in [2.24, 2.45) is 0 Å². The summed E-state index contributed by atoms with van der Waals surface area (Å²) in [5.74, 6) is -0.110. The maximum atomic E-state index is 12.3. The van der Waals surface area contributed by atoms with E-state index in [1.54, 1.807) is 6.92 Å². The maximum absolute atomic E-state index is 12.3. The van der Waals surface area contributed by atoms with Crippen LogP contribution in [0.5, 0.6) is 0 Å². The van der Waals surface area contributed by atoms with Gasteiger partial charge >= 0.3 is 0 Å². The van der Waals surface area contributed by atoms with E-state index in [0.29, 0.717) is 34.4 Å². The second-order valence-corrected chi connectivity index (χ2v) is 7.65. The van der Waals surface area contributed by atoms with Crippen LogP contribution < -0.4 is 10.9 Å². The van der Waals surface area contributed by atoms with Gasteiger partial charge in [-0.3, -0.25) is 9.59 Å². The van der Waals surface area contributed by atoms with E-state index in [1.807, 2.05) is 49.5 Å². The number of hydrogen-bond donors (Lipinski definition) is 2. The third-order valence-corrected chi connectivity index (χ3v) is 5.30. The lowest BCUT2D eigenvalue weighted by Crippen LogP contribution is -2.35. The lowest BCUT2D eigenvalue weighted by atomic mass is 10.1. The molecule has 0 aliphatic heterocycles. The van der Waals surface area contributed by atoms with Gasteiger partial charge in [0, 0.05) is 29.2 Å². The monoisotopic (exact) mass is 408 g/mol. The van der Waals surface area contributed by atoms with Gasteiger partial charge in [0.25, 0.3) is 5.56 Å². The Bertz CT molecular complexity index is 854. The summed E-state index contributed by atoms with van der Waals surface area (Å²) in [5, 5.41) is 4.20. The fourth-order valence-electron chi connectivity index (χ4n) is 2.83. The quantitative estimate of drug-likeness (QED) is 0.518. The van der Waals surface area contributed by atoms with Crippen LogP contribution in [-0.2, 0) is 11.2 Å². The zero-order chi connectivity index (χ0) is 20.0. The number of nitrogens with one attached hydrogen (secondary N) is 2. The summed E-state index contributed by atoms with van der Waals surface area (Å²) in [4.78, 5) is 33.5. The van der Waals surface area contributed by atoms with Crippen molar-refractivity contribution in [3.8, 4) is 0 Å². The Morgan fingerprint density at radius 3 is 2.67 bits per heavy atom. The molecule has 2 aromatic rings. The summed E-state index contributed by atoms with van der Waals surface area (Å²) in [5.41, 5.74) is 2.01. The highest BCUT2D eigenvalue weighted by Gasteiger charge is 2.18. The molecule has 1 aromatic carbocycles. The minimum Gasteiger partial charge on any atom is -0.354 e. The second-order valence-electron chi connectivity index (χ2n) is 6.44. The molecule has 0 saturated carbocycles. The number of amides is 1. The van der Waals surface area contributed by atoms with Gasteiger partial charge in [0.2, 0.25) is 5.91 Å². The van der Waals surface area contributed by atoms with Crippen molar-refractivity contribution in [3.05, 3.63) is 56.5 Å². The van der Waals surface area contributed by atoms with Crippen LogP contribution in [0.25, 0.3) is 0 Å². The number of likely N-dealkylation sites (N-methyl/N-ethyl adjacent to an activating group) is 1.